The van der Waals surface area contributed by atoms with Gasteiger partial charge < -0.3 is 15.4 Å². The number of nitrogen functional groups attached to an aromatic ring is 1. The number of nitrogens with two attached hydrogens (primary N) is 1. The topological polar surface area (TPSA) is 75.2 Å². The van der Waals surface area contributed by atoms with Crippen molar-refractivity contribution in [1.29, 1.82) is 5.41 Å². The molecule has 5 nitrogen and oxygen atoms in total. The van der Waals surface area contributed by atoms with Crippen LogP contribution in [-0.2, 0) is 4.74 Å². The molecule has 110 valence electrons. The number of nitrogens with one attached hydrogen (secondary N) is 1. The lowest BCUT2D eigenvalue weighted by Gasteiger charge is -2.34. The average Bonchev–Trinajstić information content (AvgIpc) is 2.38. The van der Waals surface area contributed by atoms with Crippen LogP contribution in [0.4, 0.5) is 5.82 Å². The van der Waals surface area contributed by atoms with E-state index in [4.69, 9.17) is 15.9 Å². The molecule has 1 fully saturated rings. The van der Waals surface area contributed by atoms with Gasteiger partial charge in [-0.15, -0.1) is 0 Å². The van der Waals surface area contributed by atoms with Crippen molar-refractivity contribution in [3.63, 3.8) is 0 Å². The molecule has 0 atom stereocenters. The Labute approximate surface area is 120 Å². The lowest BCUT2D eigenvalue weighted by molar-refractivity contribution is 0.139. The standard InChI is InChI=1S/C15H24N4O/c1-10-8-11(2)18-15(13(10)14(16)17)19-6-4-12(5-7-19)9-20-3/h8,12H,4-7,9H2,1-3H3,(H3,16,17). The number of piperidine rings is 1. The molecule has 3 N–H and O–H groups in total. The van der Waals surface area contributed by atoms with E-state index < -0.39 is 0 Å². The van der Waals surface area contributed by atoms with Gasteiger partial charge in [-0.25, -0.2) is 4.98 Å². The largest absolute Gasteiger partial charge is 0.384 e. The molecule has 1 aliphatic heterocycles. The van der Waals surface area contributed by atoms with Crippen LogP contribution in [0, 0.1) is 25.2 Å². The van der Waals surface area contributed by atoms with E-state index in [0.29, 0.717) is 5.92 Å². The predicted molar refractivity (Wildman–Crippen MR) is 81.5 cm³/mol. The first-order valence-electron chi connectivity index (χ1n) is 7.09. The first kappa shape index (κ1) is 14.8. The number of rotatable bonds is 4. The van der Waals surface area contributed by atoms with Gasteiger partial charge in [-0.2, -0.15) is 0 Å². The zero-order valence-electron chi connectivity index (χ0n) is 12.6. The first-order chi connectivity index (χ1) is 9.52. The van der Waals surface area contributed by atoms with E-state index in [2.05, 4.69) is 9.88 Å². The first-order valence-corrected chi connectivity index (χ1v) is 7.09. The van der Waals surface area contributed by atoms with Crippen molar-refractivity contribution >= 4 is 11.7 Å². The van der Waals surface area contributed by atoms with Gasteiger partial charge in [-0.1, -0.05) is 0 Å². The van der Waals surface area contributed by atoms with Crippen LogP contribution in [0.3, 0.4) is 0 Å². The van der Waals surface area contributed by atoms with Crippen molar-refractivity contribution in [3.8, 4) is 0 Å². The Hall–Kier alpha value is -1.62. The molecular formula is C15H24N4O. The Kier molecular flexibility index (Phi) is 4.60. The summed E-state index contributed by atoms with van der Waals surface area (Å²) < 4.78 is 5.23. The van der Waals surface area contributed by atoms with E-state index in [1.165, 1.54) is 0 Å². The number of methoxy groups -OCH3 is 1. The van der Waals surface area contributed by atoms with Crippen LogP contribution in [0.25, 0.3) is 0 Å². The molecule has 1 aromatic rings. The number of aromatic nitrogens is 1. The van der Waals surface area contributed by atoms with E-state index >= 15 is 0 Å². The summed E-state index contributed by atoms with van der Waals surface area (Å²) in [5.41, 5.74) is 8.52. The van der Waals surface area contributed by atoms with Crippen molar-refractivity contribution in [2.75, 3.05) is 31.7 Å². The van der Waals surface area contributed by atoms with Gasteiger partial charge in [0, 0.05) is 32.5 Å². The molecule has 2 heterocycles. The van der Waals surface area contributed by atoms with Crippen molar-refractivity contribution in [2.24, 2.45) is 11.7 Å². The Bertz CT molecular complexity index is 493. The van der Waals surface area contributed by atoms with Crippen LogP contribution < -0.4 is 10.6 Å². The molecule has 0 unspecified atom stereocenters. The highest BCUT2D eigenvalue weighted by Gasteiger charge is 2.23. The lowest BCUT2D eigenvalue weighted by Crippen LogP contribution is -2.37. The number of amidine groups is 1. The molecule has 0 bridgehead atoms. The highest BCUT2D eigenvalue weighted by atomic mass is 16.5. The summed E-state index contributed by atoms with van der Waals surface area (Å²) in [4.78, 5) is 6.88. The molecule has 0 aliphatic carbocycles. The fourth-order valence-corrected chi connectivity index (χ4v) is 2.93. The maximum atomic E-state index is 7.80. The third kappa shape index (κ3) is 3.10. The van der Waals surface area contributed by atoms with E-state index in [1.807, 2.05) is 19.9 Å². The molecule has 0 amide bonds. The predicted octanol–water partition coefficient (Wildman–Crippen LogP) is 1.85. The summed E-state index contributed by atoms with van der Waals surface area (Å²) in [6.07, 6.45) is 2.19. The molecule has 5 heteroatoms. The summed E-state index contributed by atoms with van der Waals surface area (Å²) in [6.45, 7) is 6.70. The molecule has 0 radical (unpaired) electrons. The highest BCUT2D eigenvalue weighted by molar-refractivity contribution is 6.01. The fourth-order valence-electron chi connectivity index (χ4n) is 2.93. The Morgan fingerprint density at radius 1 is 1.45 bits per heavy atom. The number of hydrogen-bond donors (Lipinski definition) is 2. The SMILES string of the molecule is COCC1CCN(c2nc(C)cc(C)c2C(=N)N)CC1. The minimum Gasteiger partial charge on any atom is -0.384 e. The van der Waals surface area contributed by atoms with Gasteiger partial charge in [0.2, 0.25) is 0 Å². The molecule has 0 spiro atoms. The number of ether oxygens (including phenoxy) is 1. The maximum absolute atomic E-state index is 7.80. The summed E-state index contributed by atoms with van der Waals surface area (Å²) in [6, 6.07) is 1.98. The summed E-state index contributed by atoms with van der Waals surface area (Å²) in [5, 5.41) is 7.80. The minimum absolute atomic E-state index is 0.101. The fraction of sp³-hybridized carbons (Fsp3) is 0.600. The zero-order valence-corrected chi connectivity index (χ0v) is 12.6. The van der Waals surface area contributed by atoms with E-state index in [1.54, 1.807) is 7.11 Å². The van der Waals surface area contributed by atoms with Gasteiger partial charge in [0.05, 0.1) is 5.56 Å². The maximum Gasteiger partial charge on any atom is 0.140 e. The second-order valence-corrected chi connectivity index (χ2v) is 5.58. The molecule has 2 rings (SSSR count). The van der Waals surface area contributed by atoms with Gasteiger partial charge in [-0.3, -0.25) is 5.41 Å². The van der Waals surface area contributed by atoms with E-state index in [-0.39, 0.29) is 5.84 Å². The molecule has 1 aliphatic rings. The monoisotopic (exact) mass is 276 g/mol. The summed E-state index contributed by atoms with van der Waals surface area (Å²) >= 11 is 0. The highest BCUT2D eigenvalue weighted by Crippen LogP contribution is 2.27. The van der Waals surface area contributed by atoms with Crippen molar-refractivity contribution < 1.29 is 4.74 Å². The number of hydrogen-bond acceptors (Lipinski definition) is 4. The van der Waals surface area contributed by atoms with Crippen LogP contribution in [0.2, 0.25) is 0 Å². The lowest BCUT2D eigenvalue weighted by atomic mass is 9.97. The molecule has 0 saturated carbocycles. The van der Waals surface area contributed by atoms with Crippen molar-refractivity contribution in [1.82, 2.24) is 4.98 Å². The van der Waals surface area contributed by atoms with Crippen molar-refractivity contribution in [3.05, 3.63) is 22.9 Å². The molecule has 0 aromatic carbocycles. The quantitative estimate of drug-likeness (QED) is 0.650. The number of aryl methyl sites for hydroxylation is 2. The number of pyridine rings is 1. The second kappa shape index (κ2) is 6.22. The minimum atomic E-state index is 0.101. The van der Waals surface area contributed by atoms with Crippen LogP contribution in [0.1, 0.15) is 29.7 Å². The molecular weight excluding hydrogens is 252 g/mol. The van der Waals surface area contributed by atoms with Crippen LogP contribution >= 0.6 is 0 Å². The summed E-state index contributed by atoms with van der Waals surface area (Å²) in [5.74, 6) is 1.60. The summed E-state index contributed by atoms with van der Waals surface area (Å²) in [7, 11) is 1.76. The van der Waals surface area contributed by atoms with Crippen LogP contribution in [0.5, 0.6) is 0 Å². The van der Waals surface area contributed by atoms with Gasteiger partial charge in [0.1, 0.15) is 11.7 Å². The third-order valence-corrected chi connectivity index (χ3v) is 3.91. The Morgan fingerprint density at radius 2 is 2.10 bits per heavy atom. The van der Waals surface area contributed by atoms with Crippen LogP contribution in [0.15, 0.2) is 6.07 Å². The van der Waals surface area contributed by atoms with Gasteiger partial charge in [0.25, 0.3) is 0 Å². The number of anilines is 1. The third-order valence-electron chi connectivity index (χ3n) is 3.91. The second-order valence-electron chi connectivity index (χ2n) is 5.58. The van der Waals surface area contributed by atoms with Crippen molar-refractivity contribution in [2.45, 2.75) is 26.7 Å². The van der Waals surface area contributed by atoms with E-state index in [0.717, 1.165) is 55.2 Å². The van der Waals surface area contributed by atoms with E-state index in [9.17, 15) is 0 Å². The normalized spacial score (nSPS) is 16.4. The van der Waals surface area contributed by atoms with Gasteiger partial charge in [-0.05, 0) is 44.2 Å². The van der Waals surface area contributed by atoms with Crippen LogP contribution in [-0.4, -0.2) is 37.6 Å². The molecule has 1 aromatic heterocycles. The zero-order chi connectivity index (χ0) is 14.7. The Morgan fingerprint density at radius 3 is 2.65 bits per heavy atom. The Balaban J connectivity index is 2.23. The molecule has 1 saturated heterocycles. The van der Waals surface area contributed by atoms with Gasteiger partial charge in [0.15, 0.2) is 0 Å². The molecule has 20 heavy (non-hydrogen) atoms. The average molecular weight is 276 g/mol. The van der Waals surface area contributed by atoms with Gasteiger partial charge >= 0.3 is 0 Å². The number of nitrogens with zero attached hydrogens (tertiary/aromatic N) is 2. The smallest absolute Gasteiger partial charge is 0.140 e.